The molecule has 2 heterocycles. The number of ether oxygens (including phenoxy) is 1. The highest BCUT2D eigenvalue weighted by molar-refractivity contribution is 7.89. The third-order valence-electron chi connectivity index (χ3n) is 3.93. The minimum atomic E-state index is -4.09. The number of carbonyl (C=O) groups is 1. The molecule has 1 aromatic carbocycles. The number of non-ortho nitro benzene ring substituents is 1. The highest BCUT2D eigenvalue weighted by atomic mass is 32.2. The Kier molecular flexibility index (Phi) is 6.72. The number of benzene rings is 1. The van der Waals surface area contributed by atoms with E-state index >= 15 is 0 Å². The van der Waals surface area contributed by atoms with Gasteiger partial charge in [0.05, 0.1) is 22.1 Å². The molecule has 0 unspecified atom stereocenters. The maximum atomic E-state index is 11.7. The Morgan fingerprint density at radius 3 is 2.45 bits per heavy atom. The predicted molar refractivity (Wildman–Crippen MR) is 104 cm³/mol. The summed E-state index contributed by atoms with van der Waals surface area (Å²) in [7, 11) is -4.09. The van der Waals surface area contributed by atoms with Crippen LogP contribution in [0.4, 0.5) is 5.69 Å². The fourth-order valence-electron chi connectivity index (χ4n) is 2.38. The molecule has 0 bridgehead atoms. The predicted octanol–water partition coefficient (Wildman–Crippen LogP) is 1.21. The number of nitrogens with one attached hydrogen (secondary N) is 1. The van der Waals surface area contributed by atoms with Crippen molar-refractivity contribution in [3.05, 3.63) is 40.7 Å². The molecule has 0 spiro atoms. The average molecular weight is 425 g/mol. The Morgan fingerprint density at radius 1 is 1.38 bits per heavy atom. The summed E-state index contributed by atoms with van der Waals surface area (Å²) in [4.78, 5) is 19.5. The zero-order chi connectivity index (χ0) is 21.8. The van der Waals surface area contributed by atoms with Crippen LogP contribution in [-0.4, -0.2) is 48.3 Å². The maximum Gasteiger partial charge on any atom is 0.293 e. The number of sulfonamides is 1. The van der Waals surface area contributed by atoms with Gasteiger partial charge >= 0.3 is 0 Å². The van der Waals surface area contributed by atoms with Crippen LogP contribution in [0.1, 0.15) is 26.8 Å². The van der Waals surface area contributed by atoms with E-state index in [2.05, 4.69) is 15.2 Å². The average Bonchev–Trinajstić information content (AvgIpc) is 3.00. The number of aromatic nitrogens is 2. The molecule has 3 N–H and O–H groups in total. The fraction of sp³-hybridized carbons (Fsp3) is 0.412. The molecule has 0 aliphatic carbocycles. The molecule has 1 saturated heterocycles. The van der Waals surface area contributed by atoms with E-state index in [0.29, 0.717) is 17.6 Å². The van der Waals surface area contributed by atoms with Crippen LogP contribution in [0, 0.1) is 10.1 Å². The van der Waals surface area contributed by atoms with E-state index in [1.807, 2.05) is 20.8 Å². The van der Waals surface area contributed by atoms with Crippen molar-refractivity contribution in [1.29, 1.82) is 0 Å². The first-order chi connectivity index (χ1) is 13.4. The molecule has 158 valence electrons. The quantitative estimate of drug-likeness (QED) is 0.411. The van der Waals surface area contributed by atoms with Gasteiger partial charge < -0.3 is 10.1 Å². The molecule has 0 atom stereocenters. The van der Waals surface area contributed by atoms with Crippen molar-refractivity contribution in [3.8, 4) is 11.1 Å². The van der Waals surface area contributed by atoms with Gasteiger partial charge in [0, 0.05) is 42.5 Å². The lowest BCUT2D eigenvalue weighted by Gasteiger charge is -2.27. The Labute approximate surface area is 168 Å². The summed E-state index contributed by atoms with van der Waals surface area (Å²) >= 11 is 0. The van der Waals surface area contributed by atoms with Gasteiger partial charge in [0.15, 0.2) is 0 Å². The second-order valence-corrected chi connectivity index (χ2v) is 8.86. The smallest absolute Gasteiger partial charge is 0.293 e. The van der Waals surface area contributed by atoms with E-state index in [1.165, 1.54) is 18.3 Å². The van der Waals surface area contributed by atoms with Gasteiger partial charge in [-0.2, -0.15) is 5.10 Å². The van der Waals surface area contributed by atoms with Gasteiger partial charge in [-0.25, -0.2) is 13.6 Å². The normalized spacial score (nSPS) is 14.3. The topological polar surface area (TPSA) is 159 Å². The van der Waals surface area contributed by atoms with Gasteiger partial charge in [-0.1, -0.05) is 0 Å². The van der Waals surface area contributed by atoms with Gasteiger partial charge in [0.25, 0.3) is 12.2 Å². The second kappa shape index (κ2) is 8.68. The molecular weight excluding hydrogens is 402 g/mol. The number of carbonyl (C=O) groups excluding carboxylic acids is 1. The maximum absolute atomic E-state index is 11.7. The van der Waals surface area contributed by atoms with E-state index in [1.54, 1.807) is 10.9 Å². The van der Waals surface area contributed by atoms with Crippen molar-refractivity contribution in [2.75, 3.05) is 13.1 Å². The molecule has 11 nitrogen and oxygen atoms in total. The lowest BCUT2D eigenvalue weighted by molar-refractivity contribution is -0.385. The van der Waals surface area contributed by atoms with Crippen LogP contribution < -0.4 is 10.5 Å². The standard InChI is InChI=1S/C12H13N5O4S.C5H10O2/c13-22(20,21)12-3-9(17(18)19)1-2-11(12)8-4-15-16(7-8)10-5-14-6-10;1-5(2,3)7-4-6/h1-4,7,10,14H,5-6H2,(H2,13,20,21);4H,1-3H3. The summed E-state index contributed by atoms with van der Waals surface area (Å²) in [5, 5.41) is 23.3. The van der Waals surface area contributed by atoms with Crippen LogP contribution in [0.2, 0.25) is 0 Å². The highest BCUT2D eigenvalue weighted by Crippen LogP contribution is 2.30. The SMILES string of the molecule is CC(C)(C)OC=O.NS(=O)(=O)c1cc([N+](=O)[O-])ccc1-c1cnn(C2CNC2)c1. The second-order valence-electron chi connectivity index (χ2n) is 7.33. The van der Waals surface area contributed by atoms with Crippen molar-refractivity contribution in [2.24, 2.45) is 5.14 Å². The van der Waals surface area contributed by atoms with Crippen molar-refractivity contribution < 1.29 is 22.9 Å². The van der Waals surface area contributed by atoms with E-state index < -0.39 is 14.9 Å². The van der Waals surface area contributed by atoms with E-state index in [4.69, 9.17) is 5.14 Å². The monoisotopic (exact) mass is 425 g/mol. The van der Waals surface area contributed by atoms with Crippen molar-refractivity contribution >= 4 is 22.2 Å². The number of nitrogens with zero attached hydrogens (tertiary/aromatic N) is 3. The third-order valence-corrected chi connectivity index (χ3v) is 4.88. The number of nitro groups is 1. The molecule has 0 amide bonds. The van der Waals surface area contributed by atoms with Gasteiger partial charge in [0.2, 0.25) is 10.0 Å². The molecule has 1 fully saturated rings. The summed E-state index contributed by atoms with van der Waals surface area (Å²) in [5.74, 6) is 0. The Bertz CT molecular complexity index is 992. The van der Waals surface area contributed by atoms with E-state index in [9.17, 15) is 23.3 Å². The van der Waals surface area contributed by atoms with E-state index in [-0.39, 0.29) is 22.2 Å². The van der Waals surface area contributed by atoms with Crippen LogP contribution in [0.3, 0.4) is 0 Å². The zero-order valence-corrected chi connectivity index (χ0v) is 17.0. The fourth-order valence-corrected chi connectivity index (χ4v) is 3.16. The zero-order valence-electron chi connectivity index (χ0n) is 16.2. The number of hydrogen-bond acceptors (Lipinski definition) is 8. The largest absolute Gasteiger partial charge is 0.462 e. The first-order valence-corrected chi connectivity index (χ1v) is 10.1. The minimum Gasteiger partial charge on any atom is -0.462 e. The summed E-state index contributed by atoms with van der Waals surface area (Å²) in [6.07, 6.45) is 3.23. The molecular formula is C17H23N5O6S. The molecule has 12 heteroatoms. The summed E-state index contributed by atoms with van der Waals surface area (Å²) in [6, 6.07) is 3.81. The molecule has 1 aliphatic rings. The van der Waals surface area contributed by atoms with Crippen LogP contribution in [0.15, 0.2) is 35.5 Å². The molecule has 1 aromatic heterocycles. The minimum absolute atomic E-state index is 0.227. The van der Waals surface area contributed by atoms with Crippen molar-refractivity contribution in [3.63, 3.8) is 0 Å². The van der Waals surface area contributed by atoms with Crippen molar-refractivity contribution in [1.82, 2.24) is 15.1 Å². The van der Waals surface area contributed by atoms with E-state index in [0.717, 1.165) is 19.2 Å². The van der Waals surface area contributed by atoms with Crippen LogP contribution in [-0.2, 0) is 19.6 Å². The van der Waals surface area contributed by atoms with Crippen molar-refractivity contribution in [2.45, 2.75) is 37.3 Å². The Morgan fingerprint density at radius 2 is 2.03 bits per heavy atom. The van der Waals surface area contributed by atoms with Crippen LogP contribution >= 0.6 is 0 Å². The number of rotatable bonds is 5. The number of nitro benzene ring substituents is 1. The lowest BCUT2D eigenvalue weighted by Crippen LogP contribution is -2.43. The van der Waals surface area contributed by atoms with Gasteiger partial charge in [-0.15, -0.1) is 0 Å². The van der Waals surface area contributed by atoms with Crippen LogP contribution in [0.5, 0.6) is 0 Å². The van der Waals surface area contributed by atoms with Crippen LogP contribution in [0.25, 0.3) is 11.1 Å². The molecule has 0 saturated carbocycles. The number of nitrogens with two attached hydrogens (primary N) is 1. The Hall–Kier alpha value is -2.83. The highest BCUT2D eigenvalue weighted by Gasteiger charge is 2.23. The van der Waals surface area contributed by atoms with Gasteiger partial charge in [-0.3, -0.25) is 19.6 Å². The first-order valence-electron chi connectivity index (χ1n) is 8.60. The number of primary sulfonamides is 1. The molecule has 0 radical (unpaired) electrons. The molecule has 3 rings (SSSR count). The lowest BCUT2D eigenvalue weighted by atomic mass is 10.1. The summed E-state index contributed by atoms with van der Waals surface area (Å²) < 4.78 is 29.7. The number of hydrogen-bond donors (Lipinski definition) is 2. The third kappa shape index (κ3) is 6.07. The van der Waals surface area contributed by atoms with Gasteiger partial charge in [-0.05, 0) is 26.8 Å². The first kappa shape index (κ1) is 22.5. The molecule has 1 aliphatic heterocycles. The summed E-state index contributed by atoms with van der Waals surface area (Å²) in [5.41, 5.74) is 0.197. The van der Waals surface area contributed by atoms with Gasteiger partial charge in [0.1, 0.15) is 5.60 Å². The molecule has 2 aromatic rings. The summed E-state index contributed by atoms with van der Waals surface area (Å²) in [6.45, 7) is 7.51. The molecule has 29 heavy (non-hydrogen) atoms. The Balaban J connectivity index is 0.000000370.